The number of nitrogens with one attached hydrogen (secondary N) is 5. The molecule has 0 saturated carbocycles. The van der Waals surface area contributed by atoms with Gasteiger partial charge < -0.3 is 31.1 Å². The summed E-state index contributed by atoms with van der Waals surface area (Å²) >= 11 is 0. The van der Waals surface area contributed by atoms with Crippen LogP contribution in [0.5, 0.6) is 0 Å². The Kier molecular flexibility index (Phi) is 11.2. The van der Waals surface area contributed by atoms with E-state index in [1.165, 1.54) is 6.92 Å². The molecule has 11 heteroatoms. The maximum atomic E-state index is 13.3. The summed E-state index contributed by atoms with van der Waals surface area (Å²) in [6.45, 7) is 8.16. The van der Waals surface area contributed by atoms with Gasteiger partial charge in [0.15, 0.2) is 5.78 Å². The third-order valence-corrected chi connectivity index (χ3v) is 5.84. The van der Waals surface area contributed by atoms with Gasteiger partial charge in [0, 0.05) is 36.9 Å². The predicted molar refractivity (Wildman–Crippen MR) is 143 cm³/mol. The van der Waals surface area contributed by atoms with Crippen molar-refractivity contribution >= 4 is 46.6 Å². The van der Waals surface area contributed by atoms with Crippen molar-refractivity contribution in [1.29, 1.82) is 5.41 Å². The molecule has 206 valence electrons. The normalized spacial score (nSPS) is 13.4. The second-order valence-electron chi connectivity index (χ2n) is 9.74. The summed E-state index contributed by atoms with van der Waals surface area (Å²) in [5.41, 5.74) is 1.67. The first-order chi connectivity index (χ1) is 17.9. The Morgan fingerprint density at radius 3 is 2.24 bits per heavy atom. The molecule has 0 radical (unpaired) electrons. The fourth-order valence-electron chi connectivity index (χ4n) is 3.93. The minimum atomic E-state index is -1.20. The van der Waals surface area contributed by atoms with Crippen LogP contribution in [-0.4, -0.2) is 64.9 Å². The topological polar surface area (TPSA) is 170 Å². The zero-order chi connectivity index (χ0) is 28.4. The molecule has 2 aromatic rings. The van der Waals surface area contributed by atoms with Crippen LogP contribution >= 0.6 is 0 Å². The van der Waals surface area contributed by atoms with E-state index in [9.17, 15) is 24.0 Å². The monoisotopic (exact) mass is 527 g/mol. The summed E-state index contributed by atoms with van der Waals surface area (Å²) in [6.07, 6.45) is 1.90. The highest BCUT2D eigenvalue weighted by Gasteiger charge is 2.32. The quantitative estimate of drug-likeness (QED) is 0.185. The van der Waals surface area contributed by atoms with E-state index in [1.807, 2.05) is 24.3 Å². The van der Waals surface area contributed by atoms with Crippen LogP contribution in [0.25, 0.3) is 10.9 Å². The van der Waals surface area contributed by atoms with Gasteiger partial charge in [-0.3, -0.25) is 19.2 Å². The van der Waals surface area contributed by atoms with Crippen molar-refractivity contribution in [2.24, 2.45) is 5.92 Å². The minimum Gasteiger partial charge on any atom is -0.461 e. The first kappa shape index (κ1) is 30.2. The fourth-order valence-corrected chi connectivity index (χ4v) is 3.93. The smallest absolute Gasteiger partial charge is 0.329 e. The zero-order valence-electron chi connectivity index (χ0n) is 22.4. The number of esters is 1. The SMILES string of the molecule is CC(=O)N[C@@H](Cc1c[nH]c2ccccc12)C(=O)N[C@@H](CCC(=O)C=N)C(=O)N[C@H](C(=O)OC(C)C)C(C)C. The number of amides is 3. The largest absolute Gasteiger partial charge is 0.461 e. The van der Waals surface area contributed by atoms with E-state index in [0.29, 0.717) is 6.21 Å². The predicted octanol–water partition coefficient (Wildman–Crippen LogP) is 1.79. The number of carbonyl (C=O) groups is 5. The molecule has 3 amide bonds. The third-order valence-electron chi connectivity index (χ3n) is 5.84. The van der Waals surface area contributed by atoms with Crippen LogP contribution in [0.1, 0.15) is 53.0 Å². The van der Waals surface area contributed by atoms with Crippen LogP contribution in [0.4, 0.5) is 0 Å². The number of benzene rings is 1. The van der Waals surface area contributed by atoms with E-state index in [4.69, 9.17) is 10.1 Å². The first-order valence-corrected chi connectivity index (χ1v) is 12.6. The summed E-state index contributed by atoms with van der Waals surface area (Å²) in [6, 6.07) is 4.35. The van der Waals surface area contributed by atoms with Crippen LogP contribution in [0, 0.1) is 11.3 Å². The van der Waals surface area contributed by atoms with E-state index >= 15 is 0 Å². The van der Waals surface area contributed by atoms with Crippen molar-refractivity contribution in [3.8, 4) is 0 Å². The number of para-hydroxylation sites is 1. The molecule has 1 heterocycles. The Labute approximate surface area is 222 Å². The molecule has 38 heavy (non-hydrogen) atoms. The van der Waals surface area contributed by atoms with E-state index in [-0.39, 0.29) is 31.3 Å². The van der Waals surface area contributed by atoms with Crippen molar-refractivity contribution in [3.63, 3.8) is 0 Å². The second-order valence-corrected chi connectivity index (χ2v) is 9.74. The van der Waals surface area contributed by atoms with Gasteiger partial charge in [0.25, 0.3) is 0 Å². The number of ketones is 1. The molecule has 0 spiro atoms. The van der Waals surface area contributed by atoms with Gasteiger partial charge in [-0.2, -0.15) is 0 Å². The van der Waals surface area contributed by atoms with Crippen LogP contribution < -0.4 is 16.0 Å². The second kappa shape index (κ2) is 14.1. The van der Waals surface area contributed by atoms with Crippen molar-refractivity contribution in [3.05, 3.63) is 36.0 Å². The molecule has 0 bridgehead atoms. The molecule has 0 aliphatic carbocycles. The van der Waals surface area contributed by atoms with Gasteiger partial charge >= 0.3 is 5.97 Å². The standard InChI is InChI=1S/C27H37N5O6/c1-15(2)24(27(37)38-16(3)4)32-25(35)22(11-10-19(34)13-28)31-26(36)23(30-17(5)33)12-18-14-29-21-9-7-6-8-20(18)21/h6-9,13-16,22-24,28-29H,10-12H2,1-5H3,(H,30,33)(H,31,36)(H,32,35)/t22-,23-,24-/m0/s1. The van der Waals surface area contributed by atoms with E-state index in [1.54, 1.807) is 33.9 Å². The fraction of sp³-hybridized carbons (Fsp3) is 0.481. The number of fused-ring (bicyclic) bond motifs is 1. The molecule has 1 aromatic carbocycles. The van der Waals surface area contributed by atoms with Crippen molar-refractivity contribution < 1.29 is 28.7 Å². The Hall–Kier alpha value is -4.02. The Bertz CT molecular complexity index is 1170. The van der Waals surface area contributed by atoms with Crippen molar-refractivity contribution in [2.45, 2.75) is 78.1 Å². The van der Waals surface area contributed by atoms with Crippen molar-refractivity contribution in [2.75, 3.05) is 0 Å². The number of aromatic nitrogens is 1. The van der Waals surface area contributed by atoms with Gasteiger partial charge in [0.2, 0.25) is 17.7 Å². The van der Waals surface area contributed by atoms with Gasteiger partial charge in [-0.05, 0) is 37.8 Å². The highest BCUT2D eigenvalue weighted by molar-refractivity contribution is 6.26. The van der Waals surface area contributed by atoms with E-state index < -0.39 is 47.6 Å². The Morgan fingerprint density at radius 1 is 0.974 bits per heavy atom. The lowest BCUT2D eigenvalue weighted by Crippen LogP contribution is -2.57. The lowest BCUT2D eigenvalue weighted by atomic mass is 10.0. The number of hydrogen-bond acceptors (Lipinski definition) is 7. The summed E-state index contributed by atoms with van der Waals surface area (Å²) in [7, 11) is 0. The molecule has 0 fully saturated rings. The van der Waals surface area contributed by atoms with Gasteiger partial charge in [0.05, 0.1) is 12.3 Å². The number of carbonyl (C=O) groups excluding carboxylic acids is 5. The van der Waals surface area contributed by atoms with Gasteiger partial charge in [-0.1, -0.05) is 32.0 Å². The number of H-pyrrole nitrogens is 1. The highest BCUT2D eigenvalue weighted by atomic mass is 16.5. The molecule has 0 aliphatic heterocycles. The molecule has 3 atom stereocenters. The molecule has 5 N–H and O–H groups in total. The van der Waals surface area contributed by atoms with Crippen molar-refractivity contribution in [1.82, 2.24) is 20.9 Å². The lowest BCUT2D eigenvalue weighted by Gasteiger charge is -2.26. The number of ether oxygens (including phenoxy) is 1. The lowest BCUT2D eigenvalue weighted by molar-refractivity contribution is -0.153. The molecule has 0 saturated heterocycles. The van der Waals surface area contributed by atoms with Gasteiger partial charge in [-0.25, -0.2) is 4.79 Å². The average Bonchev–Trinajstić information content (AvgIpc) is 3.25. The van der Waals surface area contributed by atoms with Crippen LogP contribution in [0.3, 0.4) is 0 Å². The third kappa shape index (κ3) is 8.82. The Morgan fingerprint density at radius 2 is 1.63 bits per heavy atom. The first-order valence-electron chi connectivity index (χ1n) is 12.6. The number of aromatic amines is 1. The van der Waals surface area contributed by atoms with E-state index in [2.05, 4.69) is 20.9 Å². The van der Waals surface area contributed by atoms with Gasteiger partial charge in [0.1, 0.15) is 18.1 Å². The average molecular weight is 528 g/mol. The Balaban J connectivity index is 2.26. The van der Waals surface area contributed by atoms with E-state index in [0.717, 1.165) is 16.5 Å². The summed E-state index contributed by atoms with van der Waals surface area (Å²) in [5.74, 6) is -3.17. The summed E-state index contributed by atoms with van der Waals surface area (Å²) < 4.78 is 5.25. The maximum Gasteiger partial charge on any atom is 0.329 e. The molecule has 1 aromatic heterocycles. The minimum absolute atomic E-state index is 0.101. The number of rotatable bonds is 14. The van der Waals surface area contributed by atoms with Crippen LogP contribution in [0.15, 0.2) is 30.5 Å². The zero-order valence-corrected chi connectivity index (χ0v) is 22.4. The molecule has 11 nitrogen and oxygen atoms in total. The number of hydrogen-bond donors (Lipinski definition) is 5. The molecular weight excluding hydrogens is 490 g/mol. The summed E-state index contributed by atoms with van der Waals surface area (Å²) in [5, 5.41) is 15.9. The highest BCUT2D eigenvalue weighted by Crippen LogP contribution is 2.19. The molecule has 2 rings (SSSR count). The van der Waals surface area contributed by atoms with Gasteiger partial charge in [-0.15, -0.1) is 0 Å². The van der Waals surface area contributed by atoms with Crippen LogP contribution in [0.2, 0.25) is 0 Å². The van der Waals surface area contributed by atoms with Crippen LogP contribution in [-0.2, 0) is 35.1 Å². The molecule has 0 aliphatic rings. The number of Topliss-reactive ketones (excluding diaryl/α,β-unsaturated/α-hetero) is 1. The molecule has 0 unspecified atom stereocenters. The molecular formula is C27H37N5O6. The summed E-state index contributed by atoms with van der Waals surface area (Å²) in [4.78, 5) is 65.9. The maximum absolute atomic E-state index is 13.3.